The number of hydrogen-bond donors (Lipinski definition) is 2. The molecule has 0 spiro atoms. The number of halogens is 3. The Morgan fingerprint density at radius 3 is 2.23 bits per heavy atom. The van der Waals surface area contributed by atoms with E-state index in [9.17, 15) is 26.4 Å². The molecule has 0 aliphatic carbocycles. The molecular weight excluding hydrogens is 369 g/mol. The molecule has 2 N–H and O–H groups in total. The molecule has 1 aliphatic rings. The van der Waals surface area contributed by atoms with Gasteiger partial charge in [0.05, 0.1) is 17.1 Å². The van der Waals surface area contributed by atoms with E-state index >= 15 is 0 Å². The van der Waals surface area contributed by atoms with Gasteiger partial charge in [0.1, 0.15) is 0 Å². The first-order chi connectivity index (χ1) is 12.2. The van der Waals surface area contributed by atoms with E-state index in [-0.39, 0.29) is 17.5 Å². The summed E-state index contributed by atoms with van der Waals surface area (Å²) in [5.41, 5.74) is 0.384. The van der Waals surface area contributed by atoms with Crippen LogP contribution in [0, 0.1) is 17.5 Å². The first-order valence-corrected chi connectivity index (χ1v) is 9.59. The average Bonchev–Trinajstić information content (AvgIpc) is 2.93. The van der Waals surface area contributed by atoms with E-state index in [4.69, 9.17) is 0 Å². The summed E-state index contributed by atoms with van der Waals surface area (Å²) in [4.78, 5) is 12.0. The van der Waals surface area contributed by atoms with E-state index in [2.05, 4.69) is 10.6 Å². The Balaban J connectivity index is 1.66. The zero-order valence-corrected chi connectivity index (χ0v) is 14.2. The van der Waals surface area contributed by atoms with Crippen molar-refractivity contribution in [3.05, 3.63) is 59.4 Å². The van der Waals surface area contributed by atoms with Gasteiger partial charge in [-0.15, -0.1) is 0 Å². The number of rotatable bonds is 4. The molecule has 1 heterocycles. The smallest absolute Gasteiger partial charge is 0.258 e. The van der Waals surface area contributed by atoms with Crippen molar-refractivity contribution < 1.29 is 26.4 Å². The molecule has 2 aromatic carbocycles. The average molecular weight is 384 g/mol. The van der Waals surface area contributed by atoms with Crippen molar-refractivity contribution in [3.8, 4) is 0 Å². The largest absolute Gasteiger partial charge is 0.381 e. The lowest BCUT2D eigenvalue weighted by Gasteiger charge is -2.13. The van der Waals surface area contributed by atoms with E-state index in [1.54, 1.807) is 12.1 Å². The van der Waals surface area contributed by atoms with Crippen LogP contribution in [0.4, 0.5) is 24.5 Å². The SMILES string of the molecule is O=C(Nc1ccc(NC2CCS(=O)(=O)C2)cc1)c1ccc(F)c(F)c1F. The standard InChI is InChI=1S/C17H15F3N2O3S/c18-14-6-5-13(15(19)16(14)20)17(23)22-11-3-1-10(2-4-11)21-12-7-8-26(24,25)9-12/h1-6,12,21H,7-9H2,(H,22,23). The van der Waals surface area contributed by atoms with Gasteiger partial charge in [-0.25, -0.2) is 21.6 Å². The summed E-state index contributed by atoms with van der Waals surface area (Å²) in [5, 5.41) is 5.48. The zero-order chi connectivity index (χ0) is 18.9. The highest BCUT2D eigenvalue weighted by Gasteiger charge is 2.27. The van der Waals surface area contributed by atoms with Crippen LogP contribution in [0.3, 0.4) is 0 Å². The van der Waals surface area contributed by atoms with Crippen LogP contribution in [0.15, 0.2) is 36.4 Å². The number of sulfone groups is 1. The predicted molar refractivity (Wildman–Crippen MR) is 91.4 cm³/mol. The van der Waals surface area contributed by atoms with Crippen molar-refractivity contribution in [2.45, 2.75) is 12.5 Å². The van der Waals surface area contributed by atoms with Crippen LogP contribution >= 0.6 is 0 Å². The van der Waals surface area contributed by atoms with Gasteiger partial charge in [0.15, 0.2) is 27.3 Å². The highest BCUT2D eigenvalue weighted by molar-refractivity contribution is 7.91. The molecule has 138 valence electrons. The second-order valence-corrected chi connectivity index (χ2v) is 8.23. The van der Waals surface area contributed by atoms with E-state index < -0.39 is 38.8 Å². The van der Waals surface area contributed by atoms with Crippen LogP contribution in [0.5, 0.6) is 0 Å². The lowest BCUT2D eigenvalue weighted by Crippen LogP contribution is -2.20. The minimum atomic E-state index is -2.99. The Kier molecular flexibility index (Phi) is 4.90. The van der Waals surface area contributed by atoms with Gasteiger partial charge in [-0.2, -0.15) is 0 Å². The van der Waals surface area contributed by atoms with Gasteiger partial charge in [0.25, 0.3) is 5.91 Å². The van der Waals surface area contributed by atoms with Crippen LogP contribution in [0.25, 0.3) is 0 Å². The quantitative estimate of drug-likeness (QED) is 0.795. The van der Waals surface area contributed by atoms with Crippen LogP contribution in [0.2, 0.25) is 0 Å². The fourth-order valence-electron chi connectivity index (χ4n) is 2.69. The normalized spacial score (nSPS) is 18.5. The molecule has 0 radical (unpaired) electrons. The Labute approximate surface area is 148 Å². The van der Waals surface area contributed by atoms with E-state index in [1.165, 1.54) is 12.1 Å². The lowest BCUT2D eigenvalue weighted by atomic mass is 10.1. The molecule has 1 atom stereocenters. The number of carbonyl (C=O) groups is 1. The van der Waals surface area contributed by atoms with Crippen molar-refractivity contribution >= 4 is 27.1 Å². The summed E-state index contributed by atoms with van der Waals surface area (Å²) in [6, 6.07) is 7.68. The molecule has 1 saturated heterocycles. The maximum absolute atomic E-state index is 13.6. The summed E-state index contributed by atoms with van der Waals surface area (Å²) >= 11 is 0. The molecule has 9 heteroatoms. The minimum Gasteiger partial charge on any atom is -0.381 e. The van der Waals surface area contributed by atoms with E-state index in [0.29, 0.717) is 23.9 Å². The van der Waals surface area contributed by atoms with E-state index in [0.717, 1.165) is 6.07 Å². The molecule has 1 aliphatic heterocycles. The molecule has 1 amide bonds. The van der Waals surface area contributed by atoms with E-state index in [1.807, 2.05) is 0 Å². The number of benzene rings is 2. The summed E-state index contributed by atoms with van der Waals surface area (Å²) < 4.78 is 62.7. The van der Waals surface area contributed by atoms with Gasteiger partial charge in [-0.1, -0.05) is 0 Å². The number of nitrogens with one attached hydrogen (secondary N) is 2. The molecule has 0 saturated carbocycles. The number of anilines is 2. The Morgan fingerprint density at radius 2 is 1.62 bits per heavy atom. The topological polar surface area (TPSA) is 75.3 Å². The van der Waals surface area contributed by atoms with Gasteiger partial charge in [0.2, 0.25) is 0 Å². The third-order valence-corrected chi connectivity index (χ3v) is 5.79. The fourth-order valence-corrected chi connectivity index (χ4v) is 4.37. The van der Waals surface area contributed by atoms with Gasteiger partial charge in [0, 0.05) is 17.4 Å². The second kappa shape index (κ2) is 6.99. The van der Waals surface area contributed by atoms with Gasteiger partial charge < -0.3 is 10.6 Å². The first-order valence-electron chi connectivity index (χ1n) is 7.77. The molecule has 2 aromatic rings. The molecule has 26 heavy (non-hydrogen) atoms. The van der Waals surface area contributed by atoms with Crippen LogP contribution in [-0.4, -0.2) is 31.9 Å². The Morgan fingerprint density at radius 1 is 0.962 bits per heavy atom. The Bertz CT molecular complexity index is 946. The summed E-state index contributed by atoms with van der Waals surface area (Å²) in [7, 11) is -2.99. The zero-order valence-electron chi connectivity index (χ0n) is 13.4. The predicted octanol–water partition coefficient (Wildman–Crippen LogP) is 2.96. The van der Waals surface area contributed by atoms with Gasteiger partial charge >= 0.3 is 0 Å². The van der Waals surface area contributed by atoms with Gasteiger partial charge in [-0.3, -0.25) is 4.79 Å². The summed E-state index contributed by atoms with van der Waals surface area (Å²) in [6.45, 7) is 0. The number of amides is 1. The fraction of sp³-hybridized carbons (Fsp3) is 0.235. The monoisotopic (exact) mass is 384 g/mol. The third-order valence-electron chi connectivity index (χ3n) is 4.03. The summed E-state index contributed by atoms with van der Waals surface area (Å²) in [6.07, 6.45) is 0.524. The summed E-state index contributed by atoms with van der Waals surface area (Å²) in [5.74, 6) is -5.32. The van der Waals surface area contributed by atoms with Crippen molar-refractivity contribution in [1.29, 1.82) is 0 Å². The maximum Gasteiger partial charge on any atom is 0.258 e. The van der Waals surface area contributed by atoms with Gasteiger partial charge in [-0.05, 0) is 42.8 Å². The molecule has 1 unspecified atom stereocenters. The van der Waals surface area contributed by atoms with Crippen molar-refractivity contribution in [3.63, 3.8) is 0 Å². The number of carbonyl (C=O) groups excluding carboxylic acids is 1. The van der Waals surface area contributed by atoms with Crippen molar-refractivity contribution in [2.75, 3.05) is 22.1 Å². The maximum atomic E-state index is 13.6. The first kappa shape index (κ1) is 18.2. The minimum absolute atomic E-state index is 0.0703. The third kappa shape index (κ3) is 3.98. The molecule has 0 bridgehead atoms. The molecule has 1 fully saturated rings. The van der Waals surface area contributed by atoms with Crippen molar-refractivity contribution in [2.24, 2.45) is 0 Å². The molecule has 5 nitrogen and oxygen atoms in total. The highest BCUT2D eigenvalue weighted by Crippen LogP contribution is 2.21. The van der Waals surface area contributed by atoms with Crippen LogP contribution < -0.4 is 10.6 Å². The molecule has 0 aromatic heterocycles. The number of hydrogen-bond acceptors (Lipinski definition) is 4. The Hall–Kier alpha value is -2.55. The molecular formula is C17H15F3N2O3S. The second-order valence-electron chi connectivity index (χ2n) is 6.00. The lowest BCUT2D eigenvalue weighted by molar-refractivity contribution is 0.102. The van der Waals surface area contributed by atoms with Crippen molar-refractivity contribution in [1.82, 2.24) is 0 Å². The highest BCUT2D eigenvalue weighted by atomic mass is 32.2. The molecule has 3 rings (SSSR count). The van der Waals surface area contributed by atoms with Crippen LogP contribution in [-0.2, 0) is 9.84 Å². The van der Waals surface area contributed by atoms with Crippen LogP contribution in [0.1, 0.15) is 16.8 Å².